The molecule has 0 spiro atoms. The zero-order chi connectivity index (χ0) is 26.2. The topological polar surface area (TPSA) is 150 Å². The van der Waals surface area contributed by atoms with Gasteiger partial charge in [-0.3, -0.25) is 9.18 Å². The summed E-state index contributed by atoms with van der Waals surface area (Å²) in [5.41, 5.74) is 2.70. The van der Waals surface area contributed by atoms with E-state index in [1.807, 2.05) is 19.1 Å². The van der Waals surface area contributed by atoms with Gasteiger partial charge in [-0.2, -0.15) is 4.98 Å². The molecule has 1 fully saturated rings. The summed E-state index contributed by atoms with van der Waals surface area (Å²) in [5, 5.41) is 24.7. The Morgan fingerprint density at radius 3 is 2.95 bits per heavy atom. The van der Waals surface area contributed by atoms with Crippen LogP contribution in [0.5, 0.6) is 5.75 Å². The molecule has 2 N–H and O–H groups in total. The zero-order valence-electron chi connectivity index (χ0n) is 21.0. The van der Waals surface area contributed by atoms with Gasteiger partial charge in [0.1, 0.15) is 18.1 Å². The van der Waals surface area contributed by atoms with Crippen LogP contribution in [0, 0.1) is 12.8 Å². The number of anilines is 1. The molecular formula is C24H32FN7O5. The average Bonchev–Trinajstić information content (AvgIpc) is 3.50. The summed E-state index contributed by atoms with van der Waals surface area (Å²) in [7, 11) is 1.78. The second kappa shape index (κ2) is 12.6. The number of hydrogen-bond donors (Lipinski definition) is 2. The largest absolute Gasteiger partial charge is 0.489 e. The molecule has 4 rings (SSSR count). The molecular weight excluding hydrogens is 485 g/mol. The van der Waals surface area contributed by atoms with Gasteiger partial charge in [0, 0.05) is 13.7 Å². The monoisotopic (exact) mass is 517 g/mol. The first kappa shape index (κ1) is 26.5. The minimum Gasteiger partial charge on any atom is -0.489 e. The number of carboxylic acid groups (broad SMARTS) is 1. The maximum absolute atomic E-state index is 12.1. The number of aromatic nitrogens is 6. The molecule has 0 saturated heterocycles. The number of unbranched alkanes of at least 4 members (excludes halogenated alkanes) is 1. The molecule has 3 heterocycles. The lowest BCUT2D eigenvalue weighted by Gasteiger charge is -2.27. The van der Waals surface area contributed by atoms with Crippen molar-refractivity contribution in [2.45, 2.75) is 64.7 Å². The highest BCUT2D eigenvalue weighted by Gasteiger charge is 2.28. The molecule has 0 bridgehead atoms. The van der Waals surface area contributed by atoms with Crippen LogP contribution in [0.4, 0.5) is 10.3 Å². The highest BCUT2D eigenvalue weighted by Crippen LogP contribution is 2.30. The zero-order valence-corrected chi connectivity index (χ0v) is 21.0. The second-order valence-electron chi connectivity index (χ2n) is 9.04. The number of aliphatic carboxylic acids is 1. The Balaban J connectivity index is 1.37. The van der Waals surface area contributed by atoms with Crippen molar-refractivity contribution in [3.63, 3.8) is 0 Å². The first-order valence-electron chi connectivity index (χ1n) is 12.4. The first-order valence-corrected chi connectivity index (χ1v) is 12.4. The highest BCUT2D eigenvalue weighted by molar-refractivity contribution is 5.70. The van der Waals surface area contributed by atoms with Crippen molar-refractivity contribution in [2.75, 3.05) is 18.6 Å². The Hall–Kier alpha value is -3.61. The average molecular weight is 518 g/mol. The number of nitrogens with zero attached hydrogens (tertiary/aromatic N) is 6. The number of rotatable bonds is 13. The molecule has 13 heteroatoms. The van der Waals surface area contributed by atoms with Gasteiger partial charge in [0.15, 0.2) is 0 Å². The van der Waals surface area contributed by atoms with E-state index in [2.05, 4.69) is 30.8 Å². The SMILES string of the molecule is Cc1nc(-c2nnn(C)c2CNc2noc(COCCCCF)n2)ccc1O[C@H]1CCC[C@H](C(=O)O)C1. The maximum atomic E-state index is 12.1. The van der Waals surface area contributed by atoms with Crippen LogP contribution in [0.1, 0.15) is 55.8 Å². The molecule has 1 saturated carbocycles. The summed E-state index contributed by atoms with van der Waals surface area (Å²) in [4.78, 5) is 20.3. The first-order chi connectivity index (χ1) is 17.9. The van der Waals surface area contributed by atoms with Crippen molar-refractivity contribution in [3.05, 3.63) is 29.4 Å². The number of alkyl halides is 1. The van der Waals surface area contributed by atoms with E-state index < -0.39 is 5.97 Å². The molecule has 37 heavy (non-hydrogen) atoms. The minimum atomic E-state index is -0.766. The fourth-order valence-electron chi connectivity index (χ4n) is 4.24. The number of hydrogen-bond acceptors (Lipinski definition) is 10. The second-order valence-corrected chi connectivity index (χ2v) is 9.04. The number of pyridine rings is 1. The van der Waals surface area contributed by atoms with Crippen LogP contribution in [0.3, 0.4) is 0 Å². The van der Waals surface area contributed by atoms with E-state index in [1.165, 1.54) is 0 Å². The third-order valence-electron chi connectivity index (χ3n) is 6.27. The molecule has 200 valence electrons. The van der Waals surface area contributed by atoms with E-state index in [9.17, 15) is 14.3 Å². The fourth-order valence-corrected chi connectivity index (χ4v) is 4.24. The van der Waals surface area contributed by atoms with E-state index in [0.717, 1.165) is 18.5 Å². The number of ether oxygens (including phenoxy) is 2. The molecule has 12 nitrogen and oxygen atoms in total. The van der Waals surface area contributed by atoms with Crippen LogP contribution in [0.15, 0.2) is 16.7 Å². The van der Waals surface area contributed by atoms with E-state index in [-0.39, 0.29) is 25.3 Å². The molecule has 1 aliphatic carbocycles. The Kier molecular flexibility index (Phi) is 8.99. The Morgan fingerprint density at radius 1 is 1.30 bits per heavy atom. The van der Waals surface area contributed by atoms with E-state index in [1.54, 1.807) is 11.7 Å². The summed E-state index contributed by atoms with van der Waals surface area (Å²) in [5.74, 6) is 0.129. The van der Waals surface area contributed by atoms with Gasteiger partial charge in [-0.1, -0.05) is 5.21 Å². The van der Waals surface area contributed by atoms with Gasteiger partial charge in [-0.25, -0.2) is 9.67 Å². The number of aryl methyl sites for hydroxylation is 2. The smallest absolute Gasteiger partial charge is 0.306 e. The Labute approximate surface area is 213 Å². The van der Waals surface area contributed by atoms with Crippen LogP contribution in [0.25, 0.3) is 11.4 Å². The summed E-state index contributed by atoms with van der Waals surface area (Å²) in [6, 6.07) is 3.66. The lowest BCUT2D eigenvalue weighted by atomic mass is 9.87. The van der Waals surface area contributed by atoms with Crippen LogP contribution in [-0.4, -0.2) is 60.6 Å². The Morgan fingerprint density at radius 2 is 2.16 bits per heavy atom. The predicted octanol–water partition coefficient (Wildman–Crippen LogP) is 3.47. The highest BCUT2D eigenvalue weighted by atomic mass is 19.1. The third-order valence-corrected chi connectivity index (χ3v) is 6.27. The van der Waals surface area contributed by atoms with Crippen molar-refractivity contribution in [2.24, 2.45) is 13.0 Å². The van der Waals surface area contributed by atoms with Crippen molar-refractivity contribution in [3.8, 4) is 17.1 Å². The molecule has 2 atom stereocenters. The van der Waals surface area contributed by atoms with Gasteiger partial charge < -0.3 is 24.4 Å². The van der Waals surface area contributed by atoms with Gasteiger partial charge in [-0.05, 0) is 62.7 Å². The van der Waals surface area contributed by atoms with Crippen molar-refractivity contribution in [1.82, 2.24) is 30.1 Å². The number of carboxylic acids is 1. The van der Waals surface area contributed by atoms with Gasteiger partial charge in [0.2, 0.25) is 0 Å². The van der Waals surface area contributed by atoms with E-state index >= 15 is 0 Å². The lowest BCUT2D eigenvalue weighted by Crippen LogP contribution is -2.29. The van der Waals surface area contributed by atoms with Crippen molar-refractivity contribution >= 4 is 11.9 Å². The van der Waals surface area contributed by atoms with Gasteiger partial charge in [0.05, 0.1) is 42.3 Å². The molecule has 1 aliphatic rings. The molecule has 3 aromatic rings. The van der Waals surface area contributed by atoms with Gasteiger partial charge >= 0.3 is 5.97 Å². The lowest BCUT2D eigenvalue weighted by molar-refractivity contribution is -0.143. The predicted molar refractivity (Wildman–Crippen MR) is 129 cm³/mol. The molecule has 0 amide bonds. The third kappa shape index (κ3) is 7.00. The number of carbonyl (C=O) groups is 1. The summed E-state index contributed by atoms with van der Waals surface area (Å²) < 4.78 is 30.5. The molecule has 0 radical (unpaired) electrons. The molecule has 0 unspecified atom stereocenters. The summed E-state index contributed by atoms with van der Waals surface area (Å²) in [6.45, 7) is 2.41. The van der Waals surface area contributed by atoms with Gasteiger partial charge in [-0.15, -0.1) is 5.10 Å². The molecule has 3 aromatic heterocycles. The summed E-state index contributed by atoms with van der Waals surface area (Å²) in [6.07, 6.45) is 3.81. The van der Waals surface area contributed by atoms with Crippen molar-refractivity contribution in [1.29, 1.82) is 0 Å². The quantitative estimate of drug-likeness (QED) is 0.321. The minimum absolute atomic E-state index is 0.141. The number of halogens is 1. The van der Waals surface area contributed by atoms with E-state index in [0.29, 0.717) is 73.5 Å². The standard InChI is InChI=1S/C24H32FN7O5/c1-15-20(36-17-7-5-6-16(12-17)23(33)34)9-8-18(27-15)22-19(32(2)31-29-22)13-26-24-28-21(37-30-24)14-35-11-4-3-10-25/h8-9,16-17H,3-7,10-14H2,1-2H3,(H,26,30)(H,33,34)/t16-,17-/m0/s1. The Bertz CT molecular complexity index is 1180. The van der Waals surface area contributed by atoms with Crippen LogP contribution >= 0.6 is 0 Å². The van der Waals surface area contributed by atoms with Crippen LogP contribution in [-0.2, 0) is 29.7 Å². The molecule has 0 aliphatic heterocycles. The number of nitrogens with one attached hydrogen (secondary N) is 1. The normalized spacial score (nSPS) is 17.6. The maximum Gasteiger partial charge on any atom is 0.306 e. The molecule has 0 aromatic carbocycles. The van der Waals surface area contributed by atoms with E-state index in [4.69, 9.17) is 14.0 Å². The van der Waals surface area contributed by atoms with Gasteiger partial charge in [0.25, 0.3) is 11.8 Å². The van der Waals surface area contributed by atoms with Crippen LogP contribution in [0.2, 0.25) is 0 Å². The van der Waals surface area contributed by atoms with Crippen molar-refractivity contribution < 1.29 is 28.3 Å². The summed E-state index contributed by atoms with van der Waals surface area (Å²) >= 11 is 0. The van der Waals surface area contributed by atoms with Crippen LogP contribution < -0.4 is 10.1 Å². The fraction of sp³-hybridized carbons (Fsp3) is 0.583.